The Kier molecular flexibility index (Phi) is 6.26. The van der Waals surface area contributed by atoms with Gasteiger partial charge in [0.1, 0.15) is 0 Å². The van der Waals surface area contributed by atoms with Crippen LogP contribution in [0.15, 0.2) is 0 Å². The lowest BCUT2D eigenvalue weighted by atomic mass is 9.93. The van der Waals surface area contributed by atoms with Crippen LogP contribution in [0.3, 0.4) is 0 Å². The Labute approximate surface area is 121 Å². The van der Waals surface area contributed by atoms with Crippen LogP contribution in [0.5, 0.6) is 0 Å². The van der Waals surface area contributed by atoms with Crippen molar-refractivity contribution >= 4 is 5.91 Å². The molecule has 116 valence electrons. The Morgan fingerprint density at radius 1 is 1.30 bits per heavy atom. The number of nitrogens with zero attached hydrogens (tertiary/aromatic N) is 2. The number of aliphatic hydroxyl groups excluding tert-OH is 1. The molecule has 1 aliphatic heterocycles. The molecule has 1 saturated heterocycles. The highest BCUT2D eigenvalue weighted by atomic mass is 16.5. The molecule has 0 aromatic rings. The van der Waals surface area contributed by atoms with Gasteiger partial charge >= 0.3 is 0 Å². The zero-order valence-electron chi connectivity index (χ0n) is 12.6. The van der Waals surface area contributed by atoms with Gasteiger partial charge in [-0.1, -0.05) is 19.3 Å². The van der Waals surface area contributed by atoms with Gasteiger partial charge in [-0.25, -0.2) is 0 Å². The molecule has 1 saturated carbocycles. The minimum atomic E-state index is -0.136. The fraction of sp³-hybridized carbons (Fsp3) is 0.933. The number of hydrogen-bond acceptors (Lipinski definition) is 4. The second-order valence-corrected chi connectivity index (χ2v) is 5.87. The first-order chi connectivity index (χ1) is 9.74. The third-order valence-electron chi connectivity index (χ3n) is 4.58. The van der Waals surface area contributed by atoms with Gasteiger partial charge in [-0.15, -0.1) is 0 Å². The molecule has 2 rings (SSSR count). The van der Waals surface area contributed by atoms with Crippen molar-refractivity contribution in [3.8, 4) is 0 Å². The van der Waals surface area contributed by atoms with E-state index in [1.54, 1.807) is 0 Å². The van der Waals surface area contributed by atoms with Crippen LogP contribution >= 0.6 is 0 Å². The van der Waals surface area contributed by atoms with E-state index in [1.165, 1.54) is 19.3 Å². The van der Waals surface area contributed by atoms with Crippen molar-refractivity contribution in [2.75, 3.05) is 39.5 Å². The van der Waals surface area contributed by atoms with E-state index in [-0.39, 0.29) is 18.6 Å². The number of carbonyl (C=O) groups is 1. The van der Waals surface area contributed by atoms with Gasteiger partial charge < -0.3 is 14.7 Å². The summed E-state index contributed by atoms with van der Waals surface area (Å²) in [7, 11) is 0. The lowest BCUT2D eigenvalue weighted by molar-refractivity contribution is -0.142. The van der Waals surface area contributed by atoms with E-state index in [9.17, 15) is 9.90 Å². The van der Waals surface area contributed by atoms with Gasteiger partial charge in [-0.05, 0) is 19.8 Å². The fourth-order valence-corrected chi connectivity index (χ4v) is 3.41. The van der Waals surface area contributed by atoms with Gasteiger partial charge in [-0.2, -0.15) is 0 Å². The second kappa shape index (κ2) is 7.96. The maximum atomic E-state index is 12.6. The van der Waals surface area contributed by atoms with Gasteiger partial charge in [0.05, 0.1) is 25.9 Å². The first-order valence-corrected chi connectivity index (χ1v) is 7.97. The first-order valence-electron chi connectivity index (χ1n) is 7.97. The number of hydrogen-bond donors (Lipinski definition) is 1. The maximum absolute atomic E-state index is 12.6. The van der Waals surface area contributed by atoms with Crippen LogP contribution in [0.25, 0.3) is 0 Å². The number of morpholine rings is 1. The van der Waals surface area contributed by atoms with E-state index in [2.05, 4.69) is 4.90 Å². The van der Waals surface area contributed by atoms with Crippen molar-refractivity contribution in [3.05, 3.63) is 0 Å². The third-order valence-corrected chi connectivity index (χ3v) is 4.58. The van der Waals surface area contributed by atoms with Crippen LogP contribution in [0.2, 0.25) is 0 Å². The summed E-state index contributed by atoms with van der Waals surface area (Å²) in [6, 6.07) is 0.319. The summed E-state index contributed by atoms with van der Waals surface area (Å²) >= 11 is 0. The highest BCUT2D eigenvalue weighted by molar-refractivity contribution is 5.81. The molecule has 1 aliphatic carbocycles. The van der Waals surface area contributed by atoms with E-state index in [0.29, 0.717) is 38.9 Å². The molecule has 0 bridgehead atoms. The van der Waals surface area contributed by atoms with Gasteiger partial charge in [0.2, 0.25) is 5.91 Å². The minimum absolute atomic E-state index is 0.122. The molecule has 0 aromatic carbocycles. The summed E-state index contributed by atoms with van der Waals surface area (Å²) in [5.74, 6) is 0.187. The zero-order chi connectivity index (χ0) is 14.4. The zero-order valence-corrected chi connectivity index (χ0v) is 12.6. The van der Waals surface area contributed by atoms with Gasteiger partial charge in [-0.3, -0.25) is 9.69 Å². The van der Waals surface area contributed by atoms with Crippen LogP contribution in [0.4, 0.5) is 0 Å². The molecule has 1 amide bonds. The van der Waals surface area contributed by atoms with Crippen molar-refractivity contribution in [2.45, 2.75) is 51.1 Å². The van der Waals surface area contributed by atoms with Gasteiger partial charge in [0.25, 0.3) is 0 Å². The molecule has 5 nitrogen and oxygen atoms in total. The predicted molar refractivity (Wildman–Crippen MR) is 77.5 cm³/mol. The molecule has 1 atom stereocenters. The molecule has 1 N–H and O–H groups in total. The summed E-state index contributed by atoms with van der Waals surface area (Å²) in [5, 5.41) is 9.32. The lowest BCUT2D eigenvalue weighted by Crippen LogP contribution is -2.54. The Morgan fingerprint density at radius 3 is 2.55 bits per heavy atom. The molecule has 2 aliphatic rings. The minimum Gasteiger partial charge on any atom is -0.395 e. The van der Waals surface area contributed by atoms with Crippen LogP contribution in [-0.2, 0) is 9.53 Å². The van der Waals surface area contributed by atoms with E-state index in [1.807, 2.05) is 11.8 Å². The normalized spacial score (nSPS) is 23.1. The molecule has 20 heavy (non-hydrogen) atoms. The number of carbonyl (C=O) groups excluding carboxylic acids is 1. The summed E-state index contributed by atoms with van der Waals surface area (Å²) in [4.78, 5) is 16.7. The summed E-state index contributed by atoms with van der Waals surface area (Å²) < 4.78 is 5.31. The smallest absolute Gasteiger partial charge is 0.239 e. The molecular formula is C15H28N2O3. The Hall–Kier alpha value is -0.650. The molecule has 5 heteroatoms. The SMILES string of the molecule is CC(C(=O)N1CCOCC1)N(CCO)C1CCCCC1. The largest absolute Gasteiger partial charge is 0.395 e. The van der Waals surface area contributed by atoms with Crippen molar-refractivity contribution < 1.29 is 14.6 Å². The van der Waals surface area contributed by atoms with E-state index in [0.717, 1.165) is 12.8 Å². The summed E-state index contributed by atoms with van der Waals surface area (Å²) in [6.45, 7) is 5.38. The predicted octanol–water partition coefficient (Wildman–Crippen LogP) is 0.861. The number of rotatable bonds is 5. The molecule has 0 radical (unpaired) electrons. The quantitative estimate of drug-likeness (QED) is 0.813. The highest BCUT2D eigenvalue weighted by Gasteiger charge is 2.31. The topological polar surface area (TPSA) is 53.0 Å². The number of ether oxygens (including phenoxy) is 1. The van der Waals surface area contributed by atoms with Crippen molar-refractivity contribution in [2.24, 2.45) is 0 Å². The first kappa shape index (κ1) is 15.7. The van der Waals surface area contributed by atoms with E-state index in [4.69, 9.17) is 4.74 Å². The summed E-state index contributed by atoms with van der Waals surface area (Å²) in [5.41, 5.74) is 0. The van der Waals surface area contributed by atoms with Crippen LogP contribution in [0.1, 0.15) is 39.0 Å². The highest BCUT2D eigenvalue weighted by Crippen LogP contribution is 2.24. The van der Waals surface area contributed by atoms with Crippen LogP contribution in [0, 0.1) is 0 Å². The molecule has 2 fully saturated rings. The fourth-order valence-electron chi connectivity index (χ4n) is 3.41. The number of aliphatic hydroxyl groups is 1. The molecular weight excluding hydrogens is 256 g/mol. The maximum Gasteiger partial charge on any atom is 0.239 e. The third kappa shape index (κ3) is 3.93. The second-order valence-electron chi connectivity index (χ2n) is 5.87. The molecule has 0 spiro atoms. The van der Waals surface area contributed by atoms with Crippen molar-refractivity contribution in [1.82, 2.24) is 9.80 Å². The number of amides is 1. The average molecular weight is 284 g/mol. The Balaban J connectivity index is 1.97. The van der Waals surface area contributed by atoms with Crippen molar-refractivity contribution in [3.63, 3.8) is 0 Å². The standard InChI is InChI=1S/C15H28N2O3/c1-13(15(19)16-8-11-20-12-9-16)17(7-10-18)14-5-3-2-4-6-14/h13-14,18H,2-12H2,1H3. The van der Waals surface area contributed by atoms with Crippen LogP contribution in [-0.4, -0.2) is 72.4 Å². The Bertz CT molecular complexity index is 299. The van der Waals surface area contributed by atoms with Gasteiger partial charge in [0.15, 0.2) is 0 Å². The van der Waals surface area contributed by atoms with E-state index < -0.39 is 0 Å². The average Bonchev–Trinajstić information content (AvgIpc) is 2.53. The monoisotopic (exact) mass is 284 g/mol. The Morgan fingerprint density at radius 2 is 1.95 bits per heavy atom. The molecule has 1 unspecified atom stereocenters. The molecule has 0 aromatic heterocycles. The van der Waals surface area contributed by atoms with Crippen molar-refractivity contribution in [1.29, 1.82) is 0 Å². The van der Waals surface area contributed by atoms with Crippen LogP contribution < -0.4 is 0 Å². The summed E-state index contributed by atoms with van der Waals surface area (Å²) in [6.07, 6.45) is 6.09. The molecule has 1 heterocycles. The van der Waals surface area contributed by atoms with E-state index >= 15 is 0 Å². The lowest BCUT2D eigenvalue weighted by Gasteiger charge is -2.40. The van der Waals surface area contributed by atoms with Gasteiger partial charge in [0, 0.05) is 25.7 Å².